The molecule has 0 spiro atoms. The number of nitrogens with zero attached hydrogens (tertiary/aromatic N) is 4. The second-order valence-corrected chi connectivity index (χ2v) is 6.86. The molecule has 2 aliphatic rings. The first-order chi connectivity index (χ1) is 12.3. The van der Waals surface area contributed by atoms with Crippen LogP contribution in [0.25, 0.3) is 17.2 Å². The molecule has 0 saturated carbocycles. The van der Waals surface area contributed by atoms with Crippen molar-refractivity contribution in [3.05, 3.63) is 47.4 Å². The van der Waals surface area contributed by atoms with Crippen molar-refractivity contribution in [2.24, 2.45) is 0 Å². The second-order valence-electron chi connectivity index (χ2n) is 6.86. The van der Waals surface area contributed by atoms with Gasteiger partial charge in [-0.25, -0.2) is 4.98 Å². The Morgan fingerprint density at radius 1 is 1.08 bits per heavy atom. The van der Waals surface area contributed by atoms with E-state index in [-0.39, 0.29) is 0 Å². The van der Waals surface area contributed by atoms with E-state index in [4.69, 9.17) is 5.10 Å². The number of rotatable bonds is 2. The van der Waals surface area contributed by atoms with Gasteiger partial charge >= 0.3 is 0 Å². The predicted molar refractivity (Wildman–Crippen MR) is 94.8 cm³/mol. The maximum absolute atomic E-state index is 10.6. The molecule has 128 valence electrons. The van der Waals surface area contributed by atoms with Crippen LogP contribution in [-0.2, 0) is 25.9 Å². The van der Waals surface area contributed by atoms with Crippen LogP contribution < -0.4 is 5.32 Å². The first-order valence-electron chi connectivity index (χ1n) is 8.96. The third kappa shape index (κ3) is 2.44. The summed E-state index contributed by atoms with van der Waals surface area (Å²) in [6.45, 7) is 2.64. The van der Waals surface area contributed by atoms with Crippen LogP contribution in [0, 0.1) is 0 Å². The number of nitrogens with one attached hydrogen (secondary N) is 1. The van der Waals surface area contributed by atoms with E-state index in [1.165, 1.54) is 29.7 Å². The first kappa shape index (κ1) is 14.7. The van der Waals surface area contributed by atoms with Gasteiger partial charge in [0.2, 0.25) is 0 Å². The topological polar surface area (TPSA) is 67.9 Å². The van der Waals surface area contributed by atoms with E-state index in [0.717, 1.165) is 49.7 Å². The van der Waals surface area contributed by atoms with E-state index < -0.39 is 0 Å². The van der Waals surface area contributed by atoms with Gasteiger partial charge in [0.1, 0.15) is 11.4 Å². The summed E-state index contributed by atoms with van der Waals surface area (Å²) in [4.78, 5) is 4.52. The van der Waals surface area contributed by atoms with Crippen LogP contribution in [0.2, 0.25) is 0 Å². The lowest BCUT2D eigenvalue weighted by Gasteiger charge is -2.18. The smallest absolute Gasteiger partial charge is 0.165 e. The van der Waals surface area contributed by atoms with Gasteiger partial charge in [-0.1, -0.05) is 0 Å². The highest BCUT2D eigenvalue weighted by molar-refractivity contribution is 5.60. The SMILES string of the molecule is Oc1cc2c(cc1-n1ccnc1-c1cc3n(n1)CCNC3)CCCC2. The molecular weight excluding hydrogens is 314 g/mol. The number of fused-ring (bicyclic) bond motifs is 2. The van der Waals surface area contributed by atoms with Gasteiger partial charge in [0.05, 0.1) is 17.9 Å². The number of aromatic hydroxyl groups is 1. The second kappa shape index (κ2) is 5.74. The summed E-state index contributed by atoms with van der Waals surface area (Å²) in [7, 11) is 0. The number of aromatic nitrogens is 4. The summed E-state index contributed by atoms with van der Waals surface area (Å²) in [6.07, 6.45) is 8.23. The minimum atomic E-state index is 0.311. The highest BCUT2D eigenvalue weighted by Crippen LogP contribution is 2.33. The van der Waals surface area contributed by atoms with Crippen LogP contribution in [0.4, 0.5) is 0 Å². The molecule has 2 aromatic heterocycles. The van der Waals surface area contributed by atoms with Crippen LogP contribution >= 0.6 is 0 Å². The number of aryl methyl sites for hydroxylation is 2. The maximum Gasteiger partial charge on any atom is 0.165 e. The summed E-state index contributed by atoms with van der Waals surface area (Å²) in [6, 6.07) is 6.13. The van der Waals surface area contributed by atoms with Crippen LogP contribution in [0.15, 0.2) is 30.6 Å². The van der Waals surface area contributed by atoms with Crippen molar-refractivity contribution in [2.75, 3.05) is 6.54 Å². The van der Waals surface area contributed by atoms with Gasteiger partial charge in [0.15, 0.2) is 5.82 Å². The minimum Gasteiger partial charge on any atom is -0.506 e. The normalized spacial score (nSPS) is 16.5. The number of hydrogen-bond acceptors (Lipinski definition) is 4. The molecule has 6 heteroatoms. The Morgan fingerprint density at radius 2 is 1.92 bits per heavy atom. The Labute approximate surface area is 146 Å². The number of phenols is 1. The fraction of sp³-hybridized carbons (Fsp3) is 0.368. The lowest BCUT2D eigenvalue weighted by Crippen LogP contribution is -2.28. The highest BCUT2D eigenvalue weighted by Gasteiger charge is 2.19. The minimum absolute atomic E-state index is 0.311. The third-order valence-corrected chi connectivity index (χ3v) is 5.24. The van der Waals surface area contributed by atoms with Gasteiger partial charge in [0, 0.05) is 25.5 Å². The van der Waals surface area contributed by atoms with Crippen molar-refractivity contribution < 1.29 is 5.11 Å². The average molecular weight is 335 g/mol. The molecule has 0 atom stereocenters. The first-order valence-corrected chi connectivity index (χ1v) is 8.96. The van der Waals surface area contributed by atoms with Gasteiger partial charge in [-0.3, -0.25) is 9.25 Å². The largest absolute Gasteiger partial charge is 0.506 e. The van der Waals surface area contributed by atoms with Crippen LogP contribution in [0.1, 0.15) is 29.7 Å². The zero-order valence-electron chi connectivity index (χ0n) is 14.1. The van der Waals surface area contributed by atoms with Crippen molar-refractivity contribution >= 4 is 0 Å². The Kier molecular flexibility index (Phi) is 3.38. The maximum atomic E-state index is 10.6. The van der Waals surface area contributed by atoms with Crippen molar-refractivity contribution in [3.63, 3.8) is 0 Å². The Bertz CT molecular complexity index is 916. The van der Waals surface area contributed by atoms with Crippen molar-refractivity contribution in [2.45, 2.75) is 38.8 Å². The lowest BCUT2D eigenvalue weighted by atomic mass is 9.91. The van der Waals surface area contributed by atoms with E-state index >= 15 is 0 Å². The summed E-state index contributed by atoms with van der Waals surface area (Å²) < 4.78 is 3.99. The third-order valence-electron chi connectivity index (χ3n) is 5.24. The molecule has 0 fully saturated rings. The quantitative estimate of drug-likeness (QED) is 0.755. The monoisotopic (exact) mass is 335 g/mol. The van der Waals surface area contributed by atoms with Gasteiger partial charge in [-0.2, -0.15) is 5.10 Å². The standard InChI is InChI=1S/C19H21N5O/c25-18-10-14-4-2-1-3-13(14)9-17(18)23-7-6-21-19(23)16-11-15-12-20-5-8-24(15)22-16/h6-7,9-11,20,25H,1-5,8,12H2. The zero-order chi connectivity index (χ0) is 16.8. The molecule has 5 rings (SSSR count). The Hall–Kier alpha value is -2.60. The van der Waals surface area contributed by atoms with Gasteiger partial charge in [-0.05, 0) is 55.0 Å². The molecule has 1 aliphatic carbocycles. The van der Waals surface area contributed by atoms with E-state index in [1.807, 2.05) is 21.5 Å². The molecule has 0 saturated heterocycles. The van der Waals surface area contributed by atoms with Crippen LogP contribution in [0.3, 0.4) is 0 Å². The number of phenolic OH excluding ortho intramolecular Hbond substituents is 1. The molecule has 0 bridgehead atoms. The van der Waals surface area contributed by atoms with Crippen LogP contribution in [0.5, 0.6) is 5.75 Å². The van der Waals surface area contributed by atoms with Crippen LogP contribution in [-0.4, -0.2) is 31.0 Å². The highest BCUT2D eigenvalue weighted by atomic mass is 16.3. The molecule has 0 radical (unpaired) electrons. The molecule has 2 N–H and O–H groups in total. The van der Waals surface area contributed by atoms with Gasteiger partial charge in [0.25, 0.3) is 0 Å². The molecule has 1 aliphatic heterocycles. The molecule has 1 aromatic carbocycles. The number of imidazole rings is 1. The molecule has 6 nitrogen and oxygen atoms in total. The van der Waals surface area contributed by atoms with Gasteiger partial charge in [-0.15, -0.1) is 0 Å². The molecule has 3 heterocycles. The van der Waals surface area contributed by atoms with Gasteiger partial charge < -0.3 is 10.4 Å². The van der Waals surface area contributed by atoms with E-state index in [1.54, 1.807) is 6.20 Å². The average Bonchev–Trinajstić information content (AvgIpc) is 3.27. The zero-order valence-corrected chi connectivity index (χ0v) is 14.1. The van der Waals surface area contributed by atoms with E-state index in [2.05, 4.69) is 22.4 Å². The Balaban J connectivity index is 1.60. The summed E-state index contributed by atoms with van der Waals surface area (Å²) in [5.41, 5.74) is 5.42. The van der Waals surface area contributed by atoms with E-state index in [0.29, 0.717) is 5.75 Å². The Morgan fingerprint density at radius 3 is 2.76 bits per heavy atom. The number of hydrogen-bond donors (Lipinski definition) is 2. The molecular formula is C19H21N5O. The van der Waals surface area contributed by atoms with Crippen molar-refractivity contribution in [1.82, 2.24) is 24.6 Å². The predicted octanol–water partition coefficient (Wildman–Crippen LogP) is 2.42. The molecule has 0 amide bonds. The summed E-state index contributed by atoms with van der Waals surface area (Å²) in [5, 5.41) is 18.7. The molecule has 3 aromatic rings. The summed E-state index contributed by atoms with van der Waals surface area (Å²) >= 11 is 0. The lowest BCUT2D eigenvalue weighted by molar-refractivity contribution is 0.470. The molecule has 0 unspecified atom stereocenters. The van der Waals surface area contributed by atoms with E-state index in [9.17, 15) is 5.11 Å². The van der Waals surface area contributed by atoms with Crippen molar-refractivity contribution in [1.29, 1.82) is 0 Å². The fourth-order valence-corrected chi connectivity index (χ4v) is 3.94. The summed E-state index contributed by atoms with van der Waals surface area (Å²) in [5.74, 6) is 1.08. The van der Waals surface area contributed by atoms with Crippen molar-refractivity contribution in [3.8, 4) is 23.0 Å². The fourth-order valence-electron chi connectivity index (χ4n) is 3.94. The number of benzene rings is 1. The molecule has 25 heavy (non-hydrogen) atoms.